The summed E-state index contributed by atoms with van der Waals surface area (Å²) in [6.07, 6.45) is 0. The van der Waals surface area contributed by atoms with Gasteiger partial charge in [0.05, 0.1) is 6.61 Å². The summed E-state index contributed by atoms with van der Waals surface area (Å²) >= 11 is 3.23. The molecule has 0 radical (unpaired) electrons. The lowest BCUT2D eigenvalue weighted by molar-refractivity contribution is 0.152. The molecule has 0 fully saturated rings. The van der Waals surface area contributed by atoms with E-state index in [1.54, 1.807) is 13.1 Å². The third-order valence-electron chi connectivity index (χ3n) is 2.43. The third-order valence-corrected chi connectivity index (χ3v) is 2.92. The van der Waals surface area contributed by atoms with Crippen LogP contribution in [0.5, 0.6) is 0 Å². The van der Waals surface area contributed by atoms with Crippen molar-refractivity contribution in [3.63, 3.8) is 0 Å². The fourth-order valence-corrected chi connectivity index (χ4v) is 1.78. The van der Waals surface area contributed by atoms with Crippen LogP contribution in [-0.4, -0.2) is 32.8 Å². The number of hydrogen-bond donors (Lipinski definition) is 2. The van der Waals surface area contributed by atoms with Crippen molar-refractivity contribution in [1.82, 2.24) is 10.6 Å². The molecule has 1 aromatic carbocycles. The predicted molar refractivity (Wildman–Crippen MR) is 94.2 cm³/mol. The van der Waals surface area contributed by atoms with E-state index in [-0.39, 0.29) is 29.8 Å². The first-order valence-corrected chi connectivity index (χ1v) is 6.92. The number of ether oxygens (including phenoxy) is 1. The van der Waals surface area contributed by atoms with Gasteiger partial charge in [-0.1, -0.05) is 22.0 Å². The molecule has 0 heterocycles. The molecule has 0 bridgehead atoms. The molecular formula is C13H20BrFIN3O. The van der Waals surface area contributed by atoms with Crippen molar-refractivity contribution >= 4 is 45.9 Å². The van der Waals surface area contributed by atoms with Gasteiger partial charge in [-0.15, -0.1) is 24.0 Å². The molecule has 0 saturated carbocycles. The van der Waals surface area contributed by atoms with E-state index in [9.17, 15) is 4.39 Å². The van der Waals surface area contributed by atoms with E-state index < -0.39 is 0 Å². The molecule has 7 heteroatoms. The van der Waals surface area contributed by atoms with E-state index in [4.69, 9.17) is 4.74 Å². The van der Waals surface area contributed by atoms with Crippen molar-refractivity contribution in [3.8, 4) is 0 Å². The zero-order chi connectivity index (χ0) is 14.1. The number of rotatable bonds is 6. The van der Waals surface area contributed by atoms with Crippen molar-refractivity contribution in [3.05, 3.63) is 34.1 Å². The Balaban J connectivity index is 0.00000361. The molecule has 1 rings (SSSR count). The van der Waals surface area contributed by atoms with Crippen molar-refractivity contribution in [2.75, 3.05) is 26.8 Å². The van der Waals surface area contributed by atoms with Crippen LogP contribution in [0.4, 0.5) is 4.39 Å². The highest BCUT2D eigenvalue weighted by Gasteiger charge is 2.03. The highest BCUT2D eigenvalue weighted by Crippen LogP contribution is 2.14. The summed E-state index contributed by atoms with van der Waals surface area (Å²) in [5, 5.41) is 6.14. The first-order chi connectivity index (χ1) is 9.17. The molecule has 0 aliphatic carbocycles. The van der Waals surface area contributed by atoms with Gasteiger partial charge in [0, 0.05) is 36.8 Å². The van der Waals surface area contributed by atoms with Crippen molar-refractivity contribution in [1.29, 1.82) is 0 Å². The smallest absolute Gasteiger partial charge is 0.191 e. The van der Waals surface area contributed by atoms with Crippen LogP contribution in [0.15, 0.2) is 27.7 Å². The predicted octanol–water partition coefficient (Wildman–Crippen LogP) is 2.91. The molecule has 4 nitrogen and oxygen atoms in total. The number of benzene rings is 1. The fourth-order valence-electron chi connectivity index (χ4n) is 1.45. The second-order valence-electron chi connectivity index (χ2n) is 3.79. The van der Waals surface area contributed by atoms with E-state index in [1.165, 1.54) is 6.07 Å². The van der Waals surface area contributed by atoms with Gasteiger partial charge in [-0.25, -0.2) is 4.39 Å². The Morgan fingerprint density at radius 3 is 2.75 bits per heavy atom. The maximum Gasteiger partial charge on any atom is 0.191 e. The van der Waals surface area contributed by atoms with Gasteiger partial charge in [0.2, 0.25) is 0 Å². The lowest BCUT2D eigenvalue weighted by Crippen LogP contribution is -2.38. The van der Waals surface area contributed by atoms with Crippen LogP contribution in [0, 0.1) is 5.82 Å². The van der Waals surface area contributed by atoms with E-state index in [0.717, 1.165) is 4.47 Å². The van der Waals surface area contributed by atoms with E-state index >= 15 is 0 Å². The summed E-state index contributed by atoms with van der Waals surface area (Å²) < 4.78 is 19.5. The standard InChI is InChI=1S/C13H19BrFN3O.HI/c1-3-19-7-6-17-13(16-2)18-9-10-4-5-11(14)8-12(10)15;/h4-5,8H,3,6-7,9H2,1-2H3,(H2,16,17,18);1H. The van der Waals surface area contributed by atoms with Gasteiger partial charge < -0.3 is 15.4 Å². The first-order valence-electron chi connectivity index (χ1n) is 6.13. The average Bonchev–Trinajstić information content (AvgIpc) is 2.40. The van der Waals surface area contributed by atoms with Crippen molar-refractivity contribution in [2.45, 2.75) is 13.5 Å². The number of halogens is 3. The Labute approximate surface area is 144 Å². The molecule has 0 atom stereocenters. The molecular weight excluding hydrogens is 440 g/mol. The zero-order valence-corrected chi connectivity index (χ0v) is 15.5. The molecule has 1 aromatic rings. The maximum absolute atomic E-state index is 13.6. The Hall–Kier alpha value is -0.410. The summed E-state index contributed by atoms with van der Waals surface area (Å²) in [4.78, 5) is 4.06. The van der Waals surface area contributed by atoms with Crippen molar-refractivity contribution < 1.29 is 9.13 Å². The van der Waals surface area contributed by atoms with Crippen LogP contribution in [0.1, 0.15) is 12.5 Å². The molecule has 0 saturated heterocycles. The van der Waals surface area contributed by atoms with E-state index in [2.05, 4.69) is 31.6 Å². The topological polar surface area (TPSA) is 45.6 Å². The Morgan fingerprint density at radius 2 is 2.15 bits per heavy atom. The molecule has 20 heavy (non-hydrogen) atoms. The van der Waals surface area contributed by atoms with Gasteiger partial charge >= 0.3 is 0 Å². The number of hydrogen-bond acceptors (Lipinski definition) is 2. The summed E-state index contributed by atoms with van der Waals surface area (Å²) in [5.74, 6) is 0.383. The van der Waals surface area contributed by atoms with Gasteiger partial charge in [-0.3, -0.25) is 4.99 Å². The van der Waals surface area contributed by atoms with Crippen LogP contribution >= 0.6 is 39.9 Å². The minimum Gasteiger partial charge on any atom is -0.380 e. The Morgan fingerprint density at radius 1 is 1.40 bits per heavy atom. The molecule has 0 aromatic heterocycles. The fraction of sp³-hybridized carbons (Fsp3) is 0.462. The number of nitrogens with zero attached hydrogens (tertiary/aromatic N) is 1. The van der Waals surface area contributed by atoms with Crippen molar-refractivity contribution in [2.24, 2.45) is 4.99 Å². The van der Waals surface area contributed by atoms with E-state index in [1.807, 2.05) is 13.0 Å². The highest BCUT2D eigenvalue weighted by atomic mass is 127. The molecule has 0 aliphatic rings. The minimum atomic E-state index is -0.244. The largest absolute Gasteiger partial charge is 0.380 e. The van der Waals surface area contributed by atoms with E-state index in [0.29, 0.717) is 37.8 Å². The summed E-state index contributed by atoms with van der Waals surface area (Å²) in [6.45, 7) is 4.30. The van der Waals surface area contributed by atoms with Gasteiger partial charge in [0.1, 0.15) is 5.82 Å². The van der Waals surface area contributed by atoms with Crippen LogP contribution in [-0.2, 0) is 11.3 Å². The van der Waals surface area contributed by atoms with Crippen LogP contribution in [0.2, 0.25) is 0 Å². The maximum atomic E-state index is 13.6. The number of aliphatic imine (C=N–C) groups is 1. The Bertz CT molecular complexity index is 432. The van der Waals surface area contributed by atoms with Crippen LogP contribution < -0.4 is 10.6 Å². The molecule has 114 valence electrons. The lowest BCUT2D eigenvalue weighted by Gasteiger charge is -2.12. The number of nitrogens with one attached hydrogen (secondary N) is 2. The third kappa shape index (κ3) is 7.39. The molecule has 0 unspecified atom stereocenters. The number of guanidine groups is 1. The normalized spacial score (nSPS) is 10.9. The average molecular weight is 460 g/mol. The van der Waals surface area contributed by atoms with Gasteiger partial charge in [-0.05, 0) is 19.1 Å². The highest BCUT2D eigenvalue weighted by molar-refractivity contribution is 14.0. The summed E-state index contributed by atoms with van der Waals surface area (Å²) in [6, 6.07) is 4.99. The van der Waals surface area contributed by atoms with Crippen LogP contribution in [0.3, 0.4) is 0 Å². The zero-order valence-electron chi connectivity index (χ0n) is 11.6. The second kappa shape index (κ2) is 11.3. The monoisotopic (exact) mass is 459 g/mol. The van der Waals surface area contributed by atoms with Gasteiger partial charge in [-0.2, -0.15) is 0 Å². The lowest BCUT2D eigenvalue weighted by atomic mass is 10.2. The molecule has 0 amide bonds. The van der Waals surface area contributed by atoms with Crippen LogP contribution in [0.25, 0.3) is 0 Å². The molecule has 0 spiro atoms. The molecule has 0 aliphatic heterocycles. The molecule has 2 N–H and O–H groups in total. The van der Waals surface area contributed by atoms with Gasteiger partial charge in [0.25, 0.3) is 0 Å². The second-order valence-corrected chi connectivity index (χ2v) is 4.70. The SMILES string of the molecule is CCOCCNC(=NC)NCc1ccc(Br)cc1F.I. The minimum absolute atomic E-state index is 0. The Kier molecular flexibility index (Phi) is 11.0. The first kappa shape index (κ1) is 19.6. The quantitative estimate of drug-likeness (QED) is 0.297. The summed E-state index contributed by atoms with van der Waals surface area (Å²) in [5.41, 5.74) is 0.593. The summed E-state index contributed by atoms with van der Waals surface area (Å²) in [7, 11) is 1.67. The van der Waals surface area contributed by atoms with Gasteiger partial charge in [0.15, 0.2) is 5.96 Å².